The minimum Gasteiger partial charge on any atom is -0.310 e. The van der Waals surface area contributed by atoms with Gasteiger partial charge in [-0.05, 0) is 173 Å². The van der Waals surface area contributed by atoms with Crippen molar-refractivity contribution in [1.29, 1.82) is 0 Å². The number of anilines is 6. The van der Waals surface area contributed by atoms with Gasteiger partial charge in [-0.3, -0.25) is 0 Å². The number of rotatable bonds is 14. The zero-order valence-electron chi connectivity index (χ0n) is 56.9. The lowest BCUT2D eigenvalue weighted by Crippen LogP contribution is -2.28. The molecule has 0 bridgehead atoms. The highest BCUT2D eigenvalue weighted by Crippen LogP contribution is 2.59. The Hall–Kier alpha value is -11.1. The Morgan fingerprint density at radius 1 is 0.267 bits per heavy atom. The van der Waals surface area contributed by atoms with Gasteiger partial charge in [0.15, 0.2) is 0 Å². The lowest BCUT2D eigenvalue weighted by atomic mass is 9.67. The Balaban J connectivity index is 0.778. The van der Waals surface area contributed by atoms with E-state index in [9.17, 15) is 5.48 Å². The first-order valence-electron chi connectivity index (χ1n) is 33.8. The van der Waals surface area contributed by atoms with Crippen LogP contribution in [0, 0.1) is 0 Å². The maximum absolute atomic E-state index is 9.55. The summed E-state index contributed by atoms with van der Waals surface area (Å²) >= 11 is 0. The van der Waals surface area contributed by atoms with Crippen LogP contribution >= 0.6 is 0 Å². The molecule has 2 unspecified atom stereocenters. The molecule has 0 saturated heterocycles. The highest BCUT2D eigenvalue weighted by atomic mass is 15.1. The molecule has 2 heteroatoms. The van der Waals surface area contributed by atoms with E-state index in [0.29, 0.717) is 0 Å². The molecule has 2 aliphatic rings. The summed E-state index contributed by atoms with van der Waals surface area (Å²) < 4.78 is 91.4. The molecule has 86 heavy (non-hydrogen) atoms. The van der Waals surface area contributed by atoms with Crippen molar-refractivity contribution >= 4 is 46.3 Å². The van der Waals surface area contributed by atoms with Crippen LogP contribution in [0.5, 0.6) is 0 Å². The normalized spacial score (nSPS) is 16.8. The number of hydrogen-bond donors (Lipinski definition) is 0. The van der Waals surface area contributed by atoms with Crippen molar-refractivity contribution in [2.75, 3.05) is 9.80 Å². The van der Waals surface area contributed by atoms with Crippen LogP contribution in [0.15, 0.2) is 341 Å². The quantitative estimate of drug-likeness (QED) is 0.107. The molecule has 0 heterocycles. The molecule has 13 aromatic rings. The lowest BCUT2D eigenvalue weighted by molar-refractivity contribution is 0.768. The van der Waals surface area contributed by atoms with E-state index in [1.165, 1.54) is 0 Å². The van der Waals surface area contributed by atoms with Crippen molar-refractivity contribution in [3.63, 3.8) is 0 Å². The number of hydrogen-bond acceptors (Lipinski definition) is 2. The molecule has 2 nitrogen and oxygen atoms in total. The van der Waals surface area contributed by atoms with Crippen LogP contribution in [0.25, 0.3) is 56.7 Å². The van der Waals surface area contributed by atoms with Crippen LogP contribution in [0.2, 0.25) is 0 Å². The first kappa shape index (κ1) is 41.9. The second-order valence-electron chi connectivity index (χ2n) is 21.7. The number of benzene rings is 13. The zero-order valence-corrected chi connectivity index (χ0v) is 46.9. The Kier molecular flexibility index (Phi) is 10.5. The SMILES string of the molecule is [2H]c1c([2H])c([2H])c(C2(c3ccc(C=C)cc3)c3ccccc3-c3ccc(N(c4ccccc4)c4ccc(-c5ccc(-c6ccc(N(c7ccccc7)c7ccc8c(c7)C(c7ccc(C=C)cc7)(c7c([2H])c([2H])c([2H])c([2H])c7[2H])c7ccccc7-8)cc6)cc5)cc4)cc32)c([2H])c1[2H]. The summed E-state index contributed by atoms with van der Waals surface area (Å²) in [6.07, 6.45) is 3.53. The molecule has 406 valence electrons. The summed E-state index contributed by atoms with van der Waals surface area (Å²) in [6.45, 7) is 7.99. The second-order valence-corrected chi connectivity index (χ2v) is 21.7. The average Bonchev–Trinajstić information content (AvgIpc) is 1.50. The van der Waals surface area contributed by atoms with Gasteiger partial charge in [-0.25, -0.2) is 0 Å². The van der Waals surface area contributed by atoms with Crippen LogP contribution < -0.4 is 9.80 Å². The number of fused-ring (bicyclic) bond motifs is 6. The van der Waals surface area contributed by atoms with E-state index >= 15 is 0 Å². The lowest BCUT2D eigenvalue weighted by Gasteiger charge is -2.35. The molecule has 13 aromatic carbocycles. The molecular formula is C84H60N2. The minimum absolute atomic E-state index is 0.185. The fourth-order valence-corrected chi connectivity index (χ4v) is 13.4. The molecule has 0 aromatic heterocycles. The number of nitrogens with zero attached hydrogens (tertiary/aromatic N) is 2. The smallest absolute Gasteiger partial charge is 0.0714 e. The van der Waals surface area contributed by atoms with E-state index < -0.39 is 47.1 Å². The third-order valence-electron chi connectivity index (χ3n) is 17.3. The zero-order chi connectivity index (χ0) is 66.3. The second kappa shape index (κ2) is 21.6. The largest absolute Gasteiger partial charge is 0.310 e. The van der Waals surface area contributed by atoms with Crippen molar-refractivity contribution in [3.05, 3.63) is 396 Å². The highest BCUT2D eigenvalue weighted by molar-refractivity contribution is 5.92. The predicted octanol–water partition coefficient (Wildman–Crippen LogP) is 22.0. The van der Waals surface area contributed by atoms with Gasteiger partial charge in [-0.2, -0.15) is 0 Å². The van der Waals surface area contributed by atoms with Crippen molar-refractivity contribution < 1.29 is 13.7 Å². The molecule has 15 rings (SSSR count). The van der Waals surface area contributed by atoms with E-state index in [4.69, 9.17) is 8.22 Å². The van der Waals surface area contributed by atoms with Crippen molar-refractivity contribution in [2.24, 2.45) is 0 Å². The van der Waals surface area contributed by atoms with Gasteiger partial charge in [-0.15, -0.1) is 0 Å². The van der Waals surface area contributed by atoms with E-state index in [1.807, 2.05) is 133 Å². The van der Waals surface area contributed by atoms with Gasteiger partial charge >= 0.3 is 0 Å². The van der Waals surface area contributed by atoms with Gasteiger partial charge < -0.3 is 9.80 Å². The van der Waals surface area contributed by atoms with E-state index in [-0.39, 0.29) is 35.3 Å². The maximum Gasteiger partial charge on any atom is 0.0714 e. The summed E-state index contributed by atoms with van der Waals surface area (Å²) in [5.74, 6) is 0. The van der Waals surface area contributed by atoms with Gasteiger partial charge in [0.2, 0.25) is 0 Å². The first-order valence-corrected chi connectivity index (χ1v) is 28.8. The van der Waals surface area contributed by atoms with E-state index in [0.717, 1.165) is 123 Å². The standard InChI is InChI=1S/C84H60N2/c1-3-59-33-45-67(46-34-59)83(65-21-9-5-10-22-65)79-31-19-17-29-75(79)77-55-53-73(57-81(77)83)85(69-25-13-7-14-26-69)71-49-41-63(42-50-71)61-37-39-62(40-38-61)64-43-51-72(52-44-64)86(70-27-15-8-16-28-70)74-54-56-78-76-30-18-20-32-80(76)84(82(78)58-74,66-23-11-6-12-24-66)68-47-35-60(4-2)36-48-68/h3-58H,1-2H2/i5D,6D,9D,10D,11D,12D,21D,22D,23D,24D. The summed E-state index contributed by atoms with van der Waals surface area (Å²) in [5.41, 5.74) is 17.3. The molecule has 2 atom stereocenters. The van der Waals surface area contributed by atoms with Crippen molar-refractivity contribution in [1.82, 2.24) is 0 Å². The molecule has 0 amide bonds. The van der Waals surface area contributed by atoms with Crippen molar-refractivity contribution in [3.8, 4) is 44.5 Å². The average molecular weight is 1110 g/mol. The van der Waals surface area contributed by atoms with Crippen LogP contribution in [0.1, 0.15) is 69.3 Å². The van der Waals surface area contributed by atoms with E-state index in [2.05, 4.69) is 156 Å². The topological polar surface area (TPSA) is 6.48 Å². The van der Waals surface area contributed by atoms with Gasteiger partial charge in [0.25, 0.3) is 0 Å². The molecule has 2 aliphatic carbocycles. The Morgan fingerprint density at radius 3 is 0.930 bits per heavy atom. The highest BCUT2D eigenvalue weighted by Gasteiger charge is 2.48. The molecular weight excluding hydrogens is 1040 g/mol. The Morgan fingerprint density at radius 2 is 0.570 bits per heavy atom. The van der Waals surface area contributed by atoms with Crippen LogP contribution in [-0.4, -0.2) is 0 Å². The summed E-state index contributed by atoms with van der Waals surface area (Å²) in [5, 5.41) is 0. The first-order chi connectivity index (χ1) is 46.7. The minimum atomic E-state index is -1.31. The monoisotopic (exact) mass is 1110 g/mol. The van der Waals surface area contributed by atoms with Gasteiger partial charge in [0.05, 0.1) is 24.5 Å². The molecule has 0 fully saturated rings. The molecule has 0 aliphatic heterocycles. The third kappa shape index (κ3) is 8.48. The fraction of sp³-hybridized carbons (Fsp3) is 0.0238. The Labute approximate surface area is 518 Å². The third-order valence-corrected chi connectivity index (χ3v) is 17.3. The Bertz CT molecular complexity index is 4870. The van der Waals surface area contributed by atoms with Crippen molar-refractivity contribution in [2.45, 2.75) is 10.8 Å². The summed E-state index contributed by atoms with van der Waals surface area (Å²) in [6, 6.07) is 86.6. The van der Waals surface area contributed by atoms with Gasteiger partial charge in [0.1, 0.15) is 0 Å². The van der Waals surface area contributed by atoms with Gasteiger partial charge in [0, 0.05) is 34.1 Å². The van der Waals surface area contributed by atoms with Gasteiger partial charge in [-0.1, -0.05) is 280 Å². The van der Waals surface area contributed by atoms with Crippen LogP contribution in [-0.2, 0) is 10.8 Å². The summed E-state index contributed by atoms with van der Waals surface area (Å²) in [4.78, 5) is 4.38. The summed E-state index contributed by atoms with van der Waals surface area (Å²) in [7, 11) is 0. The molecule has 0 radical (unpaired) electrons. The molecule has 0 N–H and O–H groups in total. The van der Waals surface area contributed by atoms with Crippen LogP contribution in [0.3, 0.4) is 0 Å². The fourth-order valence-electron chi connectivity index (χ4n) is 13.4. The predicted molar refractivity (Wildman–Crippen MR) is 361 cm³/mol. The molecule has 0 spiro atoms. The van der Waals surface area contributed by atoms with Crippen LogP contribution in [0.4, 0.5) is 34.1 Å². The maximum atomic E-state index is 9.55. The molecule has 0 saturated carbocycles. The number of para-hydroxylation sites is 2. The van der Waals surface area contributed by atoms with E-state index in [1.54, 1.807) is 12.2 Å².